The number of aromatic nitrogens is 1. The highest BCUT2D eigenvalue weighted by Crippen LogP contribution is 2.47. The van der Waals surface area contributed by atoms with Crippen LogP contribution in [0.3, 0.4) is 0 Å². The molecule has 2 N–H and O–H groups in total. The summed E-state index contributed by atoms with van der Waals surface area (Å²) in [7, 11) is 1.76. The third kappa shape index (κ3) is 4.10. The van der Waals surface area contributed by atoms with E-state index in [0.29, 0.717) is 0 Å². The van der Waals surface area contributed by atoms with Crippen LogP contribution in [0.1, 0.15) is 24.1 Å². The average molecular weight is 326 g/mol. The van der Waals surface area contributed by atoms with Gasteiger partial charge in [0.05, 0.1) is 0 Å². The quantitative estimate of drug-likeness (QED) is 0.634. The van der Waals surface area contributed by atoms with Crippen molar-refractivity contribution in [1.29, 1.82) is 0 Å². The molecule has 1 aromatic heterocycles. The topological polar surface area (TPSA) is 49.3 Å². The van der Waals surface area contributed by atoms with E-state index in [0.717, 1.165) is 49.6 Å². The number of hydrogen-bond acceptors (Lipinski definition) is 2. The van der Waals surface area contributed by atoms with Gasteiger partial charge in [0.25, 0.3) is 0 Å². The van der Waals surface area contributed by atoms with Gasteiger partial charge in [-0.25, -0.2) is 4.39 Å². The van der Waals surface area contributed by atoms with Gasteiger partial charge in [0.2, 0.25) is 0 Å². The fourth-order valence-electron chi connectivity index (χ4n) is 2.87. The van der Waals surface area contributed by atoms with E-state index < -0.39 is 0 Å². The summed E-state index contributed by atoms with van der Waals surface area (Å²) in [5.74, 6) is 0.602. The van der Waals surface area contributed by atoms with E-state index in [1.54, 1.807) is 25.4 Å². The summed E-state index contributed by atoms with van der Waals surface area (Å²) in [5.41, 5.74) is 2.17. The lowest BCUT2D eigenvalue weighted by atomic mass is 9.96. The highest BCUT2D eigenvalue weighted by atomic mass is 19.1. The number of benzene rings is 1. The van der Waals surface area contributed by atoms with E-state index in [1.807, 2.05) is 24.3 Å². The Morgan fingerprint density at radius 3 is 2.75 bits per heavy atom. The molecule has 1 aliphatic carbocycles. The molecule has 0 saturated heterocycles. The van der Waals surface area contributed by atoms with Gasteiger partial charge in [-0.05, 0) is 42.7 Å². The summed E-state index contributed by atoms with van der Waals surface area (Å²) in [5, 5.41) is 6.68. The van der Waals surface area contributed by atoms with Gasteiger partial charge >= 0.3 is 0 Å². The zero-order valence-corrected chi connectivity index (χ0v) is 13.9. The van der Waals surface area contributed by atoms with Gasteiger partial charge in [0.1, 0.15) is 5.82 Å². The molecule has 3 rings (SSSR count). The van der Waals surface area contributed by atoms with Crippen LogP contribution in [0.4, 0.5) is 4.39 Å². The molecule has 0 amide bonds. The zero-order valence-electron chi connectivity index (χ0n) is 13.9. The molecule has 24 heavy (non-hydrogen) atoms. The minimum absolute atomic E-state index is 0.0424. The molecule has 0 spiro atoms. The molecule has 0 bridgehead atoms. The molecule has 5 heteroatoms. The van der Waals surface area contributed by atoms with Gasteiger partial charge in [-0.3, -0.25) is 9.98 Å². The van der Waals surface area contributed by atoms with Crippen molar-refractivity contribution in [3.63, 3.8) is 0 Å². The maximum Gasteiger partial charge on any atom is 0.191 e. The summed E-state index contributed by atoms with van der Waals surface area (Å²) in [6.07, 6.45) is 4.80. The Labute approximate surface area is 142 Å². The van der Waals surface area contributed by atoms with Gasteiger partial charge in [0.15, 0.2) is 5.96 Å². The molecule has 2 aromatic rings. The lowest BCUT2D eigenvalue weighted by molar-refractivity contribution is 0.607. The smallest absolute Gasteiger partial charge is 0.191 e. The number of aliphatic imine (C=N–C) groups is 1. The summed E-state index contributed by atoms with van der Waals surface area (Å²) >= 11 is 0. The second-order valence-corrected chi connectivity index (χ2v) is 6.21. The summed E-state index contributed by atoms with van der Waals surface area (Å²) < 4.78 is 13.5. The number of nitrogens with zero attached hydrogens (tertiary/aromatic N) is 2. The highest BCUT2D eigenvalue weighted by Gasteiger charge is 2.44. The fourth-order valence-corrected chi connectivity index (χ4v) is 2.87. The van der Waals surface area contributed by atoms with E-state index in [4.69, 9.17) is 0 Å². The fraction of sp³-hybridized carbons (Fsp3) is 0.368. The Bertz CT molecular complexity index is 696. The third-order valence-corrected chi connectivity index (χ3v) is 4.51. The minimum atomic E-state index is -0.170. The predicted octanol–water partition coefficient (Wildman–Crippen LogP) is 2.66. The van der Waals surface area contributed by atoms with E-state index in [-0.39, 0.29) is 11.2 Å². The Kier molecular flexibility index (Phi) is 5.08. The molecule has 0 radical (unpaired) electrons. The van der Waals surface area contributed by atoms with Crippen LogP contribution in [-0.4, -0.2) is 31.1 Å². The van der Waals surface area contributed by atoms with Crippen LogP contribution in [0, 0.1) is 5.82 Å². The predicted molar refractivity (Wildman–Crippen MR) is 94.6 cm³/mol. The van der Waals surface area contributed by atoms with Crippen molar-refractivity contribution in [2.24, 2.45) is 4.99 Å². The highest BCUT2D eigenvalue weighted by molar-refractivity contribution is 5.79. The van der Waals surface area contributed by atoms with Crippen LogP contribution in [-0.2, 0) is 11.8 Å². The first-order chi connectivity index (χ1) is 11.7. The second-order valence-electron chi connectivity index (χ2n) is 6.21. The molecule has 0 atom stereocenters. The SMILES string of the molecule is CN=C(NCCc1ccccn1)NCC1(c2cccc(F)c2)CC1. The molecule has 1 saturated carbocycles. The van der Waals surface area contributed by atoms with Crippen LogP contribution in [0.5, 0.6) is 0 Å². The first-order valence-electron chi connectivity index (χ1n) is 8.32. The number of guanidine groups is 1. The first kappa shape index (κ1) is 16.4. The molecule has 1 heterocycles. The first-order valence-corrected chi connectivity index (χ1v) is 8.32. The number of nitrogens with one attached hydrogen (secondary N) is 2. The number of halogens is 1. The van der Waals surface area contributed by atoms with Gasteiger partial charge in [-0.2, -0.15) is 0 Å². The largest absolute Gasteiger partial charge is 0.356 e. The molecule has 1 fully saturated rings. The van der Waals surface area contributed by atoms with Crippen molar-refractivity contribution >= 4 is 5.96 Å². The Balaban J connectivity index is 1.49. The maximum absolute atomic E-state index is 13.5. The van der Waals surface area contributed by atoms with Crippen molar-refractivity contribution in [1.82, 2.24) is 15.6 Å². The van der Waals surface area contributed by atoms with Gasteiger partial charge in [-0.15, -0.1) is 0 Å². The maximum atomic E-state index is 13.5. The number of hydrogen-bond donors (Lipinski definition) is 2. The summed E-state index contributed by atoms with van der Waals surface area (Å²) in [6, 6.07) is 12.8. The zero-order chi connectivity index (χ0) is 16.8. The normalized spacial score (nSPS) is 15.8. The van der Waals surface area contributed by atoms with Crippen molar-refractivity contribution in [2.75, 3.05) is 20.1 Å². The molecule has 1 aromatic carbocycles. The second kappa shape index (κ2) is 7.43. The lowest BCUT2D eigenvalue weighted by Gasteiger charge is -2.19. The van der Waals surface area contributed by atoms with Gasteiger partial charge in [-0.1, -0.05) is 18.2 Å². The number of pyridine rings is 1. The van der Waals surface area contributed by atoms with E-state index in [9.17, 15) is 4.39 Å². The van der Waals surface area contributed by atoms with Crippen LogP contribution < -0.4 is 10.6 Å². The molecule has 4 nitrogen and oxygen atoms in total. The molecular weight excluding hydrogens is 303 g/mol. The van der Waals surface area contributed by atoms with Gasteiger partial charge < -0.3 is 10.6 Å². The Hall–Kier alpha value is -2.43. The van der Waals surface area contributed by atoms with Crippen LogP contribution in [0.2, 0.25) is 0 Å². The molecule has 0 aliphatic heterocycles. The minimum Gasteiger partial charge on any atom is -0.356 e. The van der Waals surface area contributed by atoms with Crippen molar-refractivity contribution < 1.29 is 4.39 Å². The van der Waals surface area contributed by atoms with Crippen LogP contribution in [0.25, 0.3) is 0 Å². The molecular formula is C19H23FN4. The summed E-state index contributed by atoms with van der Waals surface area (Å²) in [4.78, 5) is 8.57. The third-order valence-electron chi connectivity index (χ3n) is 4.51. The van der Waals surface area contributed by atoms with E-state index in [2.05, 4.69) is 20.6 Å². The Morgan fingerprint density at radius 2 is 2.08 bits per heavy atom. The lowest BCUT2D eigenvalue weighted by Crippen LogP contribution is -2.42. The van der Waals surface area contributed by atoms with Crippen LogP contribution in [0.15, 0.2) is 53.7 Å². The average Bonchev–Trinajstić information content (AvgIpc) is 3.40. The van der Waals surface area contributed by atoms with E-state index >= 15 is 0 Å². The van der Waals surface area contributed by atoms with E-state index in [1.165, 1.54) is 6.07 Å². The monoisotopic (exact) mass is 326 g/mol. The van der Waals surface area contributed by atoms with Crippen molar-refractivity contribution in [3.05, 3.63) is 65.7 Å². The van der Waals surface area contributed by atoms with Crippen molar-refractivity contribution in [2.45, 2.75) is 24.7 Å². The van der Waals surface area contributed by atoms with Gasteiger partial charge in [0, 0.05) is 43.9 Å². The summed E-state index contributed by atoms with van der Waals surface area (Å²) in [6.45, 7) is 1.53. The van der Waals surface area contributed by atoms with Crippen molar-refractivity contribution in [3.8, 4) is 0 Å². The standard InChI is InChI=1S/C19H23FN4/c1-21-18(23-12-8-17-7-2-3-11-22-17)24-14-19(9-10-19)15-5-4-6-16(20)13-15/h2-7,11,13H,8-10,12,14H2,1H3,(H2,21,23,24). The van der Waals surface area contributed by atoms with Crippen LogP contribution >= 0.6 is 0 Å². The molecule has 126 valence electrons. The molecule has 1 aliphatic rings. The number of rotatable bonds is 6. The molecule has 0 unspecified atom stereocenters. The Morgan fingerprint density at radius 1 is 1.21 bits per heavy atom.